The third-order valence-electron chi connectivity index (χ3n) is 2.55. The molecule has 1 aromatic rings. The number of likely N-dealkylation sites (N-methyl/N-ethyl adjacent to an activating group) is 1. The molecule has 0 bridgehead atoms. The molecule has 0 aliphatic heterocycles. The largest absolute Gasteiger partial charge is 0.478 e. The Balaban J connectivity index is 2.67. The molecular weight excluding hydrogens is 246 g/mol. The van der Waals surface area contributed by atoms with E-state index in [9.17, 15) is 9.59 Å². The normalized spacial score (nSPS) is 10.3. The number of rotatable bonds is 6. The highest BCUT2D eigenvalue weighted by atomic mass is 16.4. The van der Waals surface area contributed by atoms with Gasteiger partial charge in [-0.2, -0.15) is 5.26 Å². The van der Waals surface area contributed by atoms with Gasteiger partial charge in [0.2, 0.25) is 5.91 Å². The number of aliphatic carboxylic acids is 1. The van der Waals surface area contributed by atoms with Gasteiger partial charge in [0.25, 0.3) is 0 Å². The van der Waals surface area contributed by atoms with Crippen LogP contribution < -0.4 is 0 Å². The molecule has 0 atom stereocenters. The third kappa shape index (κ3) is 4.68. The zero-order valence-corrected chi connectivity index (χ0v) is 10.6. The van der Waals surface area contributed by atoms with Gasteiger partial charge in [-0.05, 0) is 18.2 Å². The van der Waals surface area contributed by atoms with Crippen molar-refractivity contribution in [1.82, 2.24) is 9.47 Å². The van der Waals surface area contributed by atoms with Gasteiger partial charge in [0.1, 0.15) is 6.54 Å². The molecule has 1 amide bonds. The van der Waals surface area contributed by atoms with Crippen LogP contribution in [0.1, 0.15) is 12.1 Å². The summed E-state index contributed by atoms with van der Waals surface area (Å²) in [6.45, 7) is 0.505. The van der Waals surface area contributed by atoms with E-state index >= 15 is 0 Å². The maximum Gasteiger partial charge on any atom is 0.328 e. The van der Waals surface area contributed by atoms with Crippen LogP contribution in [0.5, 0.6) is 0 Å². The van der Waals surface area contributed by atoms with Crippen LogP contribution in [0.2, 0.25) is 0 Å². The molecule has 0 aromatic carbocycles. The van der Waals surface area contributed by atoms with E-state index < -0.39 is 5.97 Å². The highest BCUT2D eigenvalue weighted by Gasteiger charge is 2.10. The fourth-order valence-electron chi connectivity index (χ4n) is 1.49. The number of hydrogen-bond acceptors (Lipinski definition) is 3. The van der Waals surface area contributed by atoms with E-state index in [0.29, 0.717) is 18.7 Å². The summed E-state index contributed by atoms with van der Waals surface area (Å²) >= 11 is 0. The van der Waals surface area contributed by atoms with Crippen molar-refractivity contribution in [1.29, 1.82) is 5.26 Å². The van der Waals surface area contributed by atoms with Gasteiger partial charge >= 0.3 is 5.97 Å². The molecular formula is C13H15N3O3. The number of amides is 1. The first kappa shape index (κ1) is 14.5. The lowest BCUT2D eigenvalue weighted by Crippen LogP contribution is -2.31. The second kappa shape index (κ2) is 7.01. The van der Waals surface area contributed by atoms with E-state index in [2.05, 4.69) is 0 Å². The minimum Gasteiger partial charge on any atom is -0.478 e. The first-order valence-electron chi connectivity index (χ1n) is 5.71. The van der Waals surface area contributed by atoms with Crippen LogP contribution in [0, 0.1) is 11.3 Å². The first-order chi connectivity index (χ1) is 9.04. The number of nitriles is 1. The lowest BCUT2D eigenvalue weighted by molar-refractivity contribution is -0.131. The molecule has 6 heteroatoms. The zero-order valence-electron chi connectivity index (χ0n) is 10.6. The van der Waals surface area contributed by atoms with Crippen molar-refractivity contribution >= 4 is 18.0 Å². The summed E-state index contributed by atoms with van der Waals surface area (Å²) in [6.07, 6.45) is 4.46. The minimum atomic E-state index is -1.04. The first-order valence-corrected chi connectivity index (χ1v) is 5.71. The van der Waals surface area contributed by atoms with Crippen molar-refractivity contribution in [2.45, 2.75) is 13.0 Å². The van der Waals surface area contributed by atoms with Crippen LogP contribution in [0.25, 0.3) is 6.08 Å². The van der Waals surface area contributed by atoms with E-state index in [4.69, 9.17) is 10.4 Å². The summed E-state index contributed by atoms with van der Waals surface area (Å²) in [5.74, 6) is -1.17. The number of carbonyl (C=O) groups excluding carboxylic acids is 1. The average Bonchev–Trinajstić information content (AvgIpc) is 2.80. The number of carbonyl (C=O) groups is 2. The van der Waals surface area contributed by atoms with Crippen LogP contribution in [0.15, 0.2) is 24.4 Å². The average molecular weight is 261 g/mol. The second-order valence-electron chi connectivity index (χ2n) is 3.96. The molecule has 0 spiro atoms. The Bertz CT molecular complexity index is 525. The summed E-state index contributed by atoms with van der Waals surface area (Å²) in [5.41, 5.74) is 0.643. The molecule has 0 aliphatic carbocycles. The van der Waals surface area contributed by atoms with E-state index in [-0.39, 0.29) is 12.5 Å². The molecule has 1 heterocycles. The van der Waals surface area contributed by atoms with Crippen molar-refractivity contribution in [2.75, 3.05) is 13.6 Å². The summed E-state index contributed by atoms with van der Waals surface area (Å²) < 4.78 is 1.66. The van der Waals surface area contributed by atoms with Crippen LogP contribution in [0.3, 0.4) is 0 Å². The van der Waals surface area contributed by atoms with Crippen molar-refractivity contribution in [3.63, 3.8) is 0 Å². The van der Waals surface area contributed by atoms with Gasteiger partial charge in [-0.3, -0.25) is 4.79 Å². The Hall–Kier alpha value is -2.55. The summed E-state index contributed by atoms with van der Waals surface area (Å²) in [6, 6.07) is 5.44. The van der Waals surface area contributed by atoms with Gasteiger partial charge in [0, 0.05) is 31.6 Å². The molecule has 100 valence electrons. The van der Waals surface area contributed by atoms with Gasteiger partial charge in [-0.25, -0.2) is 4.79 Å². The van der Waals surface area contributed by atoms with Crippen LogP contribution >= 0.6 is 0 Å². The standard InChI is InChI=1S/C13H15N3O3/c1-15(8-3-7-14)12(17)10-16-9-2-4-11(16)5-6-13(18)19/h2,4-6,9H,3,8,10H2,1H3,(H,18,19)/b6-5+. The predicted molar refractivity (Wildman–Crippen MR) is 69.0 cm³/mol. The molecule has 19 heavy (non-hydrogen) atoms. The molecule has 6 nitrogen and oxygen atoms in total. The van der Waals surface area contributed by atoms with Crippen LogP contribution in [-0.4, -0.2) is 40.0 Å². The molecule has 0 unspecified atom stereocenters. The van der Waals surface area contributed by atoms with Gasteiger partial charge in [0.05, 0.1) is 12.5 Å². The highest BCUT2D eigenvalue weighted by Crippen LogP contribution is 2.06. The Morgan fingerprint density at radius 1 is 1.58 bits per heavy atom. The smallest absolute Gasteiger partial charge is 0.328 e. The second-order valence-corrected chi connectivity index (χ2v) is 3.96. The zero-order chi connectivity index (χ0) is 14.3. The van der Waals surface area contributed by atoms with E-state index in [1.54, 1.807) is 29.9 Å². The SMILES string of the molecule is CN(CCC#N)C(=O)Cn1cccc1/C=C/C(=O)O. The van der Waals surface area contributed by atoms with Crippen molar-refractivity contribution in [3.05, 3.63) is 30.1 Å². The number of carboxylic acid groups (broad SMARTS) is 1. The lowest BCUT2D eigenvalue weighted by atomic mass is 10.3. The molecule has 0 saturated heterocycles. The Labute approximate surface area is 111 Å². The molecule has 0 aliphatic rings. The van der Waals surface area contributed by atoms with Crippen molar-refractivity contribution < 1.29 is 14.7 Å². The minimum absolute atomic E-state index is 0.119. The molecule has 0 radical (unpaired) electrons. The number of hydrogen-bond donors (Lipinski definition) is 1. The monoisotopic (exact) mass is 261 g/mol. The lowest BCUT2D eigenvalue weighted by Gasteiger charge is -2.16. The van der Waals surface area contributed by atoms with Gasteiger partial charge in [0.15, 0.2) is 0 Å². The van der Waals surface area contributed by atoms with Crippen LogP contribution in [0.4, 0.5) is 0 Å². The summed E-state index contributed by atoms with van der Waals surface area (Å²) in [5, 5.41) is 17.0. The fourth-order valence-corrected chi connectivity index (χ4v) is 1.49. The fraction of sp³-hybridized carbons (Fsp3) is 0.308. The summed E-state index contributed by atoms with van der Waals surface area (Å²) in [4.78, 5) is 23.8. The quantitative estimate of drug-likeness (QED) is 0.773. The van der Waals surface area contributed by atoms with Crippen molar-refractivity contribution in [3.8, 4) is 6.07 Å². The van der Waals surface area contributed by atoms with Gasteiger partial charge in [-0.1, -0.05) is 0 Å². The maximum absolute atomic E-state index is 11.9. The molecule has 1 aromatic heterocycles. The van der Waals surface area contributed by atoms with Gasteiger partial charge < -0.3 is 14.6 Å². The topological polar surface area (TPSA) is 86.3 Å². The Morgan fingerprint density at radius 3 is 2.95 bits per heavy atom. The van der Waals surface area contributed by atoms with E-state index in [1.165, 1.54) is 11.0 Å². The predicted octanol–water partition coefficient (Wildman–Crippen LogP) is 0.958. The molecule has 1 rings (SSSR count). The third-order valence-corrected chi connectivity index (χ3v) is 2.55. The summed E-state index contributed by atoms with van der Waals surface area (Å²) in [7, 11) is 1.63. The Morgan fingerprint density at radius 2 is 2.32 bits per heavy atom. The molecule has 0 saturated carbocycles. The number of aromatic nitrogens is 1. The Kier molecular flexibility index (Phi) is 5.35. The van der Waals surface area contributed by atoms with Crippen molar-refractivity contribution in [2.24, 2.45) is 0 Å². The molecule has 1 N–H and O–H groups in total. The van der Waals surface area contributed by atoms with Crippen LogP contribution in [-0.2, 0) is 16.1 Å². The molecule has 0 fully saturated rings. The van der Waals surface area contributed by atoms with E-state index in [0.717, 1.165) is 6.08 Å². The highest BCUT2D eigenvalue weighted by molar-refractivity contribution is 5.85. The number of carboxylic acids is 1. The number of nitrogens with zero attached hydrogens (tertiary/aromatic N) is 3. The van der Waals surface area contributed by atoms with Gasteiger partial charge in [-0.15, -0.1) is 0 Å². The van der Waals surface area contributed by atoms with E-state index in [1.807, 2.05) is 6.07 Å². The maximum atomic E-state index is 11.9.